The van der Waals surface area contributed by atoms with Crippen molar-refractivity contribution in [2.75, 3.05) is 13.2 Å². The molecular weight excluding hydrogens is 162 g/mol. The largest absolute Gasteiger partial charge is 0.396 e. The molecule has 13 heavy (non-hydrogen) atoms. The highest BCUT2D eigenvalue weighted by atomic mass is 16.3. The van der Waals surface area contributed by atoms with Gasteiger partial charge in [-0.2, -0.15) is 0 Å². The molecule has 1 N–H and O–H groups in total. The molecule has 0 spiro atoms. The maximum atomic E-state index is 8.94. The summed E-state index contributed by atoms with van der Waals surface area (Å²) in [6.45, 7) is 7.48. The van der Waals surface area contributed by atoms with Crippen LogP contribution in [0.1, 0.15) is 32.6 Å². The number of nitrogens with zero attached hydrogens (tertiary/aromatic N) is 1. The molecule has 0 aromatic rings. The Morgan fingerprint density at radius 1 is 1.62 bits per heavy atom. The van der Waals surface area contributed by atoms with Crippen molar-refractivity contribution in [1.29, 1.82) is 0 Å². The fraction of sp³-hybridized carbons (Fsp3) is 0.818. The van der Waals surface area contributed by atoms with Gasteiger partial charge in [-0.05, 0) is 32.7 Å². The molecule has 1 aliphatic heterocycles. The molecule has 1 rings (SSSR count). The van der Waals surface area contributed by atoms with Crippen molar-refractivity contribution < 1.29 is 5.11 Å². The first-order chi connectivity index (χ1) is 6.29. The molecule has 1 fully saturated rings. The number of likely N-dealkylation sites (tertiary alicyclic amines) is 1. The van der Waals surface area contributed by atoms with Crippen LogP contribution in [-0.2, 0) is 0 Å². The quantitative estimate of drug-likeness (QED) is 0.672. The smallest absolute Gasteiger partial charge is 0.0445 e. The van der Waals surface area contributed by atoms with Crippen LogP contribution >= 0.6 is 0 Å². The van der Waals surface area contributed by atoms with Crippen molar-refractivity contribution in [3.05, 3.63) is 12.7 Å². The Morgan fingerprint density at radius 3 is 3.00 bits per heavy atom. The molecule has 1 aliphatic rings. The fourth-order valence-corrected chi connectivity index (χ4v) is 2.15. The predicted molar refractivity (Wildman–Crippen MR) is 55.7 cm³/mol. The average molecular weight is 183 g/mol. The summed E-state index contributed by atoms with van der Waals surface area (Å²) >= 11 is 0. The topological polar surface area (TPSA) is 23.5 Å². The lowest BCUT2D eigenvalue weighted by Gasteiger charge is -2.38. The molecule has 0 amide bonds. The van der Waals surface area contributed by atoms with Crippen LogP contribution in [0.2, 0.25) is 0 Å². The third-order valence-electron chi connectivity index (χ3n) is 3.00. The summed E-state index contributed by atoms with van der Waals surface area (Å²) in [7, 11) is 0. The first kappa shape index (κ1) is 10.7. The molecule has 2 nitrogen and oxygen atoms in total. The van der Waals surface area contributed by atoms with Gasteiger partial charge >= 0.3 is 0 Å². The van der Waals surface area contributed by atoms with E-state index < -0.39 is 0 Å². The minimum absolute atomic E-state index is 0.311. The maximum Gasteiger partial charge on any atom is 0.0445 e. The van der Waals surface area contributed by atoms with Crippen LogP contribution in [0.4, 0.5) is 0 Å². The van der Waals surface area contributed by atoms with Crippen molar-refractivity contribution in [3.63, 3.8) is 0 Å². The molecule has 2 heteroatoms. The van der Waals surface area contributed by atoms with Crippen LogP contribution in [0.3, 0.4) is 0 Å². The van der Waals surface area contributed by atoms with Crippen molar-refractivity contribution in [1.82, 2.24) is 4.90 Å². The minimum Gasteiger partial charge on any atom is -0.396 e. The first-order valence-electron chi connectivity index (χ1n) is 5.28. The van der Waals surface area contributed by atoms with Gasteiger partial charge in [0.2, 0.25) is 0 Å². The van der Waals surface area contributed by atoms with Gasteiger partial charge in [0, 0.05) is 18.7 Å². The van der Waals surface area contributed by atoms with E-state index in [1.165, 1.54) is 19.3 Å². The molecule has 1 saturated heterocycles. The summed E-state index contributed by atoms with van der Waals surface area (Å²) < 4.78 is 0. The molecule has 2 unspecified atom stereocenters. The molecule has 0 saturated carbocycles. The molecule has 0 aliphatic carbocycles. The second-order valence-corrected chi connectivity index (χ2v) is 3.88. The molecule has 0 aromatic heterocycles. The van der Waals surface area contributed by atoms with E-state index in [4.69, 9.17) is 5.11 Å². The number of aliphatic hydroxyl groups excluding tert-OH is 1. The summed E-state index contributed by atoms with van der Waals surface area (Å²) in [5.74, 6) is 0. The molecule has 0 bridgehead atoms. The van der Waals surface area contributed by atoms with Crippen molar-refractivity contribution in [2.45, 2.75) is 44.7 Å². The zero-order valence-corrected chi connectivity index (χ0v) is 8.58. The third kappa shape index (κ3) is 2.82. The van der Waals surface area contributed by atoms with E-state index in [9.17, 15) is 0 Å². The van der Waals surface area contributed by atoms with Crippen molar-refractivity contribution in [3.8, 4) is 0 Å². The standard InChI is InChI=1S/C11H21NO/c1-3-10(2)12-8-5-4-6-11(12)7-9-13/h3,10-11,13H,1,4-9H2,2H3. The van der Waals surface area contributed by atoms with Crippen molar-refractivity contribution >= 4 is 0 Å². The van der Waals surface area contributed by atoms with Gasteiger partial charge in [0.15, 0.2) is 0 Å². The molecule has 2 atom stereocenters. The van der Waals surface area contributed by atoms with Gasteiger partial charge in [-0.1, -0.05) is 12.5 Å². The zero-order valence-electron chi connectivity index (χ0n) is 8.58. The fourth-order valence-electron chi connectivity index (χ4n) is 2.15. The summed E-state index contributed by atoms with van der Waals surface area (Å²) in [4.78, 5) is 2.46. The first-order valence-corrected chi connectivity index (χ1v) is 5.28. The van der Waals surface area contributed by atoms with Gasteiger partial charge in [-0.25, -0.2) is 0 Å². The van der Waals surface area contributed by atoms with Gasteiger partial charge in [-0.15, -0.1) is 6.58 Å². The second-order valence-electron chi connectivity index (χ2n) is 3.88. The van der Waals surface area contributed by atoms with E-state index in [0.29, 0.717) is 18.7 Å². The Balaban J connectivity index is 2.50. The number of hydrogen-bond acceptors (Lipinski definition) is 2. The van der Waals surface area contributed by atoms with Gasteiger partial charge < -0.3 is 5.11 Å². The van der Waals surface area contributed by atoms with E-state index >= 15 is 0 Å². The van der Waals surface area contributed by atoms with E-state index in [1.807, 2.05) is 6.08 Å². The lowest BCUT2D eigenvalue weighted by atomic mass is 9.98. The van der Waals surface area contributed by atoms with Crippen LogP contribution in [0.25, 0.3) is 0 Å². The predicted octanol–water partition coefficient (Wildman–Crippen LogP) is 1.80. The highest BCUT2D eigenvalue weighted by Gasteiger charge is 2.24. The van der Waals surface area contributed by atoms with Gasteiger partial charge in [0.25, 0.3) is 0 Å². The van der Waals surface area contributed by atoms with Gasteiger partial charge in [0.1, 0.15) is 0 Å². The monoisotopic (exact) mass is 183 g/mol. The SMILES string of the molecule is C=CC(C)N1CCCCC1CCO. The Bertz CT molecular complexity index is 156. The Hall–Kier alpha value is -0.340. The Morgan fingerprint density at radius 2 is 2.38 bits per heavy atom. The van der Waals surface area contributed by atoms with Crippen LogP contribution in [0, 0.1) is 0 Å². The number of aliphatic hydroxyl groups is 1. The molecule has 1 heterocycles. The van der Waals surface area contributed by atoms with Crippen LogP contribution < -0.4 is 0 Å². The second kappa shape index (κ2) is 5.40. The Labute approximate surface area is 81.2 Å². The van der Waals surface area contributed by atoms with E-state index in [2.05, 4.69) is 18.4 Å². The molecule has 0 radical (unpaired) electrons. The molecule has 0 aromatic carbocycles. The van der Waals surface area contributed by atoms with E-state index in [1.54, 1.807) is 0 Å². The molecular formula is C11H21NO. The van der Waals surface area contributed by atoms with E-state index in [0.717, 1.165) is 13.0 Å². The van der Waals surface area contributed by atoms with E-state index in [-0.39, 0.29) is 0 Å². The summed E-state index contributed by atoms with van der Waals surface area (Å²) in [5, 5.41) is 8.94. The van der Waals surface area contributed by atoms with Crippen molar-refractivity contribution in [2.24, 2.45) is 0 Å². The van der Waals surface area contributed by atoms with Gasteiger partial charge in [0.05, 0.1) is 0 Å². The Kier molecular flexibility index (Phi) is 4.46. The number of hydrogen-bond donors (Lipinski definition) is 1. The average Bonchev–Trinajstić information content (AvgIpc) is 2.18. The third-order valence-corrected chi connectivity index (χ3v) is 3.00. The highest BCUT2D eigenvalue weighted by molar-refractivity contribution is 4.89. The highest BCUT2D eigenvalue weighted by Crippen LogP contribution is 2.21. The van der Waals surface area contributed by atoms with Crippen LogP contribution in [-0.4, -0.2) is 35.2 Å². The van der Waals surface area contributed by atoms with Gasteiger partial charge in [-0.3, -0.25) is 4.90 Å². The number of piperidine rings is 1. The number of rotatable bonds is 4. The molecule has 76 valence electrons. The summed E-state index contributed by atoms with van der Waals surface area (Å²) in [5.41, 5.74) is 0. The zero-order chi connectivity index (χ0) is 9.68. The maximum absolute atomic E-state index is 8.94. The lowest BCUT2D eigenvalue weighted by molar-refractivity contribution is 0.100. The van der Waals surface area contributed by atoms with Crippen LogP contribution in [0.15, 0.2) is 12.7 Å². The minimum atomic E-state index is 0.311. The normalized spacial score (nSPS) is 27.1. The lowest BCUT2D eigenvalue weighted by Crippen LogP contribution is -2.44. The van der Waals surface area contributed by atoms with Crippen LogP contribution in [0.5, 0.6) is 0 Å². The summed E-state index contributed by atoms with van der Waals surface area (Å²) in [6.07, 6.45) is 6.75. The summed E-state index contributed by atoms with van der Waals surface area (Å²) in [6, 6.07) is 1.03.